The molecule has 3 aromatic rings. The zero-order valence-electron chi connectivity index (χ0n) is 20.8. The molecule has 0 radical (unpaired) electrons. The molecule has 2 aliphatic rings. The molecule has 3 aromatic heterocycles. The smallest absolute Gasteiger partial charge is 0.358 e. The van der Waals surface area contributed by atoms with Crippen LogP contribution in [-0.2, 0) is 16.6 Å². The molecule has 0 saturated carbocycles. The minimum absolute atomic E-state index is 0.128. The molecule has 35 heavy (non-hydrogen) atoms. The molecule has 2 saturated heterocycles. The van der Waals surface area contributed by atoms with E-state index in [0.29, 0.717) is 6.61 Å². The summed E-state index contributed by atoms with van der Waals surface area (Å²) >= 11 is 0. The zero-order valence-corrected chi connectivity index (χ0v) is 20.8. The van der Waals surface area contributed by atoms with Gasteiger partial charge in [-0.2, -0.15) is 10.2 Å². The Kier molecular flexibility index (Phi) is 6.18. The number of piperidine rings is 1. The largest absolute Gasteiger partial charge is 0.461 e. The highest BCUT2D eigenvalue weighted by molar-refractivity contribution is 5.97. The highest BCUT2D eigenvalue weighted by Gasteiger charge is 2.36. The number of anilines is 2. The lowest BCUT2D eigenvalue weighted by Gasteiger charge is -2.42. The van der Waals surface area contributed by atoms with Crippen molar-refractivity contribution in [2.75, 3.05) is 49.1 Å². The van der Waals surface area contributed by atoms with Crippen LogP contribution in [0.15, 0.2) is 18.3 Å². The van der Waals surface area contributed by atoms with Gasteiger partial charge in [0.05, 0.1) is 30.2 Å². The number of hydrogen-bond donors (Lipinski definition) is 0. The summed E-state index contributed by atoms with van der Waals surface area (Å²) in [7, 11) is 1.89. The van der Waals surface area contributed by atoms with Gasteiger partial charge in [-0.1, -0.05) is 0 Å². The van der Waals surface area contributed by atoms with Gasteiger partial charge in [-0.15, -0.1) is 0 Å². The van der Waals surface area contributed by atoms with Gasteiger partial charge in [-0.25, -0.2) is 14.3 Å². The van der Waals surface area contributed by atoms with Crippen LogP contribution in [0, 0.1) is 13.8 Å². The molecule has 0 bridgehead atoms. The fourth-order valence-corrected chi connectivity index (χ4v) is 5.14. The number of rotatable bonds is 5. The first-order valence-corrected chi connectivity index (χ1v) is 12.2. The molecule has 0 N–H and O–H groups in total. The van der Waals surface area contributed by atoms with Crippen LogP contribution in [0.1, 0.15) is 41.6 Å². The van der Waals surface area contributed by atoms with Crippen LogP contribution >= 0.6 is 0 Å². The first-order valence-electron chi connectivity index (χ1n) is 12.2. The Labute approximate surface area is 204 Å². The van der Waals surface area contributed by atoms with Gasteiger partial charge in [-0.3, -0.25) is 19.3 Å². The monoisotopic (exact) mass is 480 g/mol. The van der Waals surface area contributed by atoms with Crippen molar-refractivity contribution in [1.82, 2.24) is 29.3 Å². The summed E-state index contributed by atoms with van der Waals surface area (Å²) < 4.78 is 8.61. The number of piperazine rings is 1. The van der Waals surface area contributed by atoms with Crippen LogP contribution in [0.4, 0.5) is 11.6 Å². The van der Waals surface area contributed by atoms with Crippen LogP contribution in [0.2, 0.25) is 0 Å². The fraction of sp³-hybridized carbons (Fsp3) is 0.542. The highest BCUT2D eigenvalue weighted by Crippen LogP contribution is 2.27. The summed E-state index contributed by atoms with van der Waals surface area (Å²) in [4.78, 5) is 36.8. The van der Waals surface area contributed by atoms with Crippen molar-refractivity contribution < 1.29 is 14.3 Å². The normalized spacial score (nSPS) is 19.5. The molecule has 5 heterocycles. The molecule has 2 aliphatic heterocycles. The van der Waals surface area contributed by atoms with Crippen molar-refractivity contribution in [3.05, 3.63) is 35.4 Å². The van der Waals surface area contributed by atoms with E-state index in [2.05, 4.69) is 20.0 Å². The number of fused-ring (bicyclic) bond motifs is 1. The molecule has 1 unspecified atom stereocenters. The second kappa shape index (κ2) is 9.29. The molecule has 0 spiro atoms. The average Bonchev–Trinajstić information content (AvgIpc) is 3.41. The summed E-state index contributed by atoms with van der Waals surface area (Å²) in [6.45, 7) is 9.66. The van der Waals surface area contributed by atoms with Gasteiger partial charge in [0, 0.05) is 51.9 Å². The third-order valence-corrected chi connectivity index (χ3v) is 6.76. The van der Waals surface area contributed by atoms with Crippen LogP contribution in [0.3, 0.4) is 0 Å². The molecule has 2 fully saturated rings. The van der Waals surface area contributed by atoms with E-state index in [9.17, 15) is 9.59 Å². The summed E-state index contributed by atoms with van der Waals surface area (Å²) in [5, 5.41) is 8.82. The van der Waals surface area contributed by atoms with Crippen LogP contribution in [-0.4, -0.2) is 86.5 Å². The van der Waals surface area contributed by atoms with Crippen molar-refractivity contribution in [3.63, 3.8) is 0 Å². The summed E-state index contributed by atoms with van der Waals surface area (Å²) in [5.74, 6) is 1.38. The topological polar surface area (TPSA) is 101 Å². The van der Waals surface area contributed by atoms with E-state index < -0.39 is 5.97 Å². The molecule has 5 rings (SSSR count). The van der Waals surface area contributed by atoms with E-state index in [1.54, 1.807) is 22.2 Å². The lowest BCUT2D eigenvalue weighted by Crippen LogP contribution is -2.58. The van der Waals surface area contributed by atoms with Crippen LogP contribution in [0.5, 0.6) is 0 Å². The van der Waals surface area contributed by atoms with E-state index in [0.717, 1.165) is 74.1 Å². The molecule has 1 amide bonds. The predicted octanol–water partition coefficient (Wildman–Crippen LogP) is 1.57. The molecule has 0 aromatic carbocycles. The molecule has 186 valence electrons. The first kappa shape index (κ1) is 23.3. The summed E-state index contributed by atoms with van der Waals surface area (Å²) in [6, 6.07) is 3.59. The molecule has 0 aliphatic carbocycles. The lowest BCUT2D eigenvalue weighted by molar-refractivity contribution is -0.125. The number of ether oxygens (including phenoxy) is 1. The van der Waals surface area contributed by atoms with E-state index >= 15 is 0 Å². The van der Waals surface area contributed by atoms with Crippen molar-refractivity contribution in [2.24, 2.45) is 7.05 Å². The predicted molar refractivity (Wildman–Crippen MR) is 131 cm³/mol. The van der Waals surface area contributed by atoms with Gasteiger partial charge < -0.3 is 9.64 Å². The van der Waals surface area contributed by atoms with E-state index in [-0.39, 0.29) is 17.6 Å². The number of aryl methyl sites for hydroxylation is 3. The Balaban J connectivity index is 1.32. The van der Waals surface area contributed by atoms with Crippen molar-refractivity contribution in [2.45, 2.75) is 39.7 Å². The number of esters is 1. The minimum atomic E-state index is -0.436. The van der Waals surface area contributed by atoms with Gasteiger partial charge in [0.1, 0.15) is 11.3 Å². The second-order valence-corrected chi connectivity index (χ2v) is 9.22. The number of aromatic nitrogens is 5. The second-order valence-electron chi connectivity index (χ2n) is 9.22. The van der Waals surface area contributed by atoms with Gasteiger partial charge in [0.2, 0.25) is 5.91 Å². The lowest BCUT2D eigenvalue weighted by atomic mass is 10.0. The highest BCUT2D eigenvalue weighted by atomic mass is 16.5. The number of amides is 1. The quantitative estimate of drug-likeness (QED) is 0.508. The van der Waals surface area contributed by atoms with Gasteiger partial charge in [0.15, 0.2) is 11.5 Å². The SMILES string of the molecule is CCOC(=O)c1cc2c(N3CCN(C4CCCN(c5cc(C)nn5C)C4=O)CC3)nc(C)cn2n1. The van der Waals surface area contributed by atoms with E-state index in [1.807, 2.05) is 38.1 Å². The molecule has 11 heteroatoms. The molecular formula is C24H32N8O3. The number of nitrogens with zero attached hydrogens (tertiary/aromatic N) is 8. The van der Waals surface area contributed by atoms with Crippen LogP contribution < -0.4 is 9.80 Å². The zero-order chi connectivity index (χ0) is 24.7. The van der Waals surface area contributed by atoms with Crippen LogP contribution in [0.25, 0.3) is 5.52 Å². The minimum Gasteiger partial charge on any atom is -0.461 e. The first-order chi connectivity index (χ1) is 16.9. The van der Waals surface area contributed by atoms with E-state index in [4.69, 9.17) is 9.72 Å². The van der Waals surface area contributed by atoms with Crippen molar-refractivity contribution in [3.8, 4) is 0 Å². The maximum atomic E-state index is 13.4. The van der Waals surface area contributed by atoms with Crippen molar-refractivity contribution >= 4 is 29.0 Å². The third kappa shape index (κ3) is 4.36. The standard InChI is InChI=1S/C24H32N8O3/c1-5-35-24(34)18-14-20-22(25-17(3)15-32(20)27-18)30-11-9-29(10-12-30)19-7-6-8-31(23(19)33)21-13-16(2)26-28(21)4/h13-15,19H,5-12H2,1-4H3. The number of carbonyl (C=O) groups excluding carboxylic acids is 2. The Bertz CT molecular complexity index is 1260. The summed E-state index contributed by atoms with van der Waals surface area (Å²) in [5.41, 5.74) is 2.78. The Hall–Kier alpha value is -3.47. The van der Waals surface area contributed by atoms with Gasteiger partial charge in [-0.05, 0) is 33.6 Å². The third-order valence-electron chi connectivity index (χ3n) is 6.76. The Morgan fingerprint density at radius 1 is 1.09 bits per heavy atom. The molecule has 11 nitrogen and oxygen atoms in total. The fourth-order valence-electron chi connectivity index (χ4n) is 5.14. The van der Waals surface area contributed by atoms with Gasteiger partial charge in [0.25, 0.3) is 0 Å². The molecule has 1 atom stereocenters. The number of hydrogen-bond acceptors (Lipinski definition) is 8. The average molecular weight is 481 g/mol. The number of carbonyl (C=O) groups is 2. The Morgan fingerprint density at radius 3 is 2.54 bits per heavy atom. The summed E-state index contributed by atoms with van der Waals surface area (Å²) in [6.07, 6.45) is 3.64. The van der Waals surface area contributed by atoms with E-state index in [1.165, 1.54) is 0 Å². The Morgan fingerprint density at radius 2 is 1.86 bits per heavy atom. The van der Waals surface area contributed by atoms with Crippen molar-refractivity contribution in [1.29, 1.82) is 0 Å². The maximum absolute atomic E-state index is 13.4. The maximum Gasteiger partial charge on any atom is 0.358 e. The van der Waals surface area contributed by atoms with Gasteiger partial charge >= 0.3 is 5.97 Å². The molecular weight excluding hydrogens is 448 g/mol.